The third-order valence-corrected chi connectivity index (χ3v) is 3.87. The molecular weight excluding hydrogens is 284 g/mol. The molecule has 0 saturated heterocycles. The quantitative estimate of drug-likeness (QED) is 0.647. The van der Waals surface area contributed by atoms with Crippen LogP contribution in [0.15, 0.2) is 24.4 Å². The molecule has 0 spiro atoms. The summed E-state index contributed by atoms with van der Waals surface area (Å²) < 4.78 is 0. The fourth-order valence-corrected chi connectivity index (χ4v) is 2.74. The molecule has 22 heavy (non-hydrogen) atoms. The van der Waals surface area contributed by atoms with Gasteiger partial charge in [0.1, 0.15) is 0 Å². The van der Waals surface area contributed by atoms with Gasteiger partial charge in [0.25, 0.3) is 0 Å². The van der Waals surface area contributed by atoms with Crippen molar-refractivity contribution in [2.45, 2.75) is 19.3 Å². The van der Waals surface area contributed by atoms with Crippen LogP contribution in [0.4, 0.5) is 5.69 Å². The van der Waals surface area contributed by atoms with E-state index in [0.29, 0.717) is 25.1 Å². The van der Waals surface area contributed by atoms with Crippen molar-refractivity contribution in [3.05, 3.63) is 30.0 Å². The number of carboxylic acids is 1. The van der Waals surface area contributed by atoms with E-state index in [4.69, 9.17) is 10.2 Å². The standard InChI is InChI=1S/C16H22N2O4/c1-2-12(16(21)22)14-10-17-15-4-3-11(9-13(14)15)18(5-7-19)6-8-20/h3-4,9-10,12,17,19-20H,2,5-8H2,1H3,(H,21,22)/p-1. The number of nitrogens with one attached hydrogen (secondary N) is 1. The Morgan fingerprint density at radius 2 is 2.00 bits per heavy atom. The van der Waals surface area contributed by atoms with E-state index in [-0.39, 0.29) is 13.2 Å². The summed E-state index contributed by atoms with van der Waals surface area (Å²) >= 11 is 0. The minimum absolute atomic E-state index is 0.0192. The van der Waals surface area contributed by atoms with E-state index in [1.165, 1.54) is 0 Å². The molecule has 0 bridgehead atoms. The predicted octanol–water partition coefficient (Wildman–Crippen LogP) is 0.202. The lowest BCUT2D eigenvalue weighted by Crippen LogP contribution is -2.30. The van der Waals surface area contributed by atoms with Crippen LogP contribution in [-0.4, -0.2) is 47.5 Å². The normalized spacial score (nSPS) is 12.5. The Labute approximate surface area is 129 Å². The predicted molar refractivity (Wildman–Crippen MR) is 82.7 cm³/mol. The van der Waals surface area contributed by atoms with Crippen molar-refractivity contribution in [2.75, 3.05) is 31.2 Å². The second kappa shape index (κ2) is 7.29. The molecule has 0 aliphatic rings. The molecule has 1 aromatic carbocycles. The fourth-order valence-electron chi connectivity index (χ4n) is 2.74. The number of rotatable bonds is 8. The molecule has 2 rings (SSSR count). The molecule has 1 unspecified atom stereocenters. The van der Waals surface area contributed by atoms with E-state index in [0.717, 1.165) is 16.6 Å². The number of nitrogens with zero attached hydrogens (tertiary/aromatic N) is 1. The van der Waals surface area contributed by atoms with Crippen molar-refractivity contribution in [3.63, 3.8) is 0 Å². The Kier molecular flexibility index (Phi) is 5.41. The minimum atomic E-state index is -1.09. The lowest BCUT2D eigenvalue weighted by Gasteiger charge is -2.23. The first-order valence-electron chi connectivity index (χ1n) is 7.40. The van der Waals surface area contributed by atoms with Crippen LogP contribution < -0.4 is 10.0 Å². The molecule has 0 aliphatic carbocycles. The summed E-state index contributed by atoms with van der Waals surface area (Å²) in [5.74, 6) is -1.75. The Bertz CT molecular complexity index is 632. The zero-order valence-corrected chi connectivity index (χ0v) is 12.6. The number of aliphatic carboxylic acids is 1. The van der Waals surface area contributed by atoms with Gasteiger partial charge in [0, 0.05) is 47.8 Å². The lowest BCUT2D eigenvalue weighted by atomic mass is 9.96. The number of hydrogen-bond acceptors (Lipinski definition) is 5. The first-order chi connectivity index (χ1) is 10.6. The summed E-state index contributed by atoms with van der Waals surface area (Å²) in [5.41, 5.74) is 2.39. The van der Waals surface area contributed by atoms with Crippen LogP contribution >= 0.6 is 0 Å². The van der Waals surface area contributed by atoms with Crippen molar-refractivity contribution in [1.29, 1.82) is 0 Å². The highest BCUT2D eigenvalue weighted by Gasteiger charge is 2.16. The Morgan fingerprint density at radius 1 is 1.32 bits per heavy atom. The van der Waals surface area contributed by atoms with Crippen molar-refractivity contribution in [2.24, 2.45) is 0 Å². The topological polar surface area (TPSA) is 99.6 Å². The summed E-state index contributed by atoms with van der Waals surface area (Å²) in [4.78, 5) is 16.2. The van der Waals surface area contributed by atoms with Gasteiger partial charge in [-0.15, -0.1) is 0 Å². The van der Waals surface area contributed by atoms with E-state index in [1.807, 2.05) is 30.0 Å². The minimum Gasteiger partial charge on any atom is -0.549 e. The molecule has 120 valence electrons. The molecule has 0 radical (unpaired) electrons. The van der Waals surface area contributed by atoms with Crippen LogP contribution in [0, 0.1) is 0 Å². The lowest BCUT2D eigenvalue weighted by molar-refractivity contribution is -0.308. The van der Waals surface area contributed by atoms with Gasteiger partial charge in [-0.1, -0.05) is 6.92 Å². The number of fused-ring (bicyclic) bond motifs is 1. The highest BCUT2D eigenvalue weighted by molar-refractivity contribution is 5.91. The SMILES string of the molecule is CCC(C(=O)[O-])c1c[nH]c2ccc(N(CCO)CCO)cc12. The fraction of sp³-hybridized carbons (Fsp3) is 0.438. The van der Waals surface area contributed by atoms with Crippen LogP contribution in [0.5, 0.6) is 0 Å². The van der Waals surface area contributed by atoms with Gasteiger partial charge < -0.3 is 30.0 Å². The average Bonchev–Trinajstić information content (AvgIpc) is 2.90. The first-order valence-corrected chi connectivity index (χ1v) is 7.40. The summed E-state index contributed by atoms with van der Waals surface area (Å²) in [7, 11) is 0. The Hall–Kier alpha value is -2.05. The molecule has 6 heteroatoms. The van der Waals surface area contributed by atoms with E-state index < -0.39 is 11.9 Å². The van der Waals surface area contributed by atoms with Crippen molar-refractivity contribution in [1.82, 2.24) is 4.98 Å². The summed E-state index contributed by atoms with van der Waals surface area (Å²) in [6, 6.07) is 5.64. The number of hydrogen-bond donors (Lipinski definition) is 3. The third-order valence-electron chi connectivity index (χ3n) is 3.87. The number of carboxylic acid groups (broad SMARTS) is 1. The molecule has 1 aromatic heterocycles. The molecule has 0 fully saturated rings. The highest BCUT2D eigenvalue weighted by Crippen LogP contribution is 2.30. The van der Waals surface area contributed by atoms with Gasteiger partial charge in [-0.3, -0.25) is 0 Å². The summed E-state index contributed by atoms with van der Waals surface area (Å²) in [6.45, 7) is 2.59. The van der Waals surface area contributed by atoms with Gasteiger partial charge in [-0.2, -0.15) is 0 Å². The van der Waals surface area contributed by atoms with Crippen LogP contribution in [0.3, 0.4) is 0 Å². The van der Waals surface area contributed by atoms with Crippen LogP contribution in [0.25, 0.3) is 10.9 Å². The van der Waals surface area contributed by atoms with Gasteiger partial charge in [0.15, 0.2) is 0 Å². The molecule has 2 aromatic rings. The monoisotopic (exact) mass is 305 g/mol. The van der Waals surface area contributed by atoms with Crippen LogP contribution in [-0.2, 0) is 4.79 Å². The van der Waals surface area contributed by atoms with E-state index in [1.54, 1.807) is 6.20 Å². The zero-order valence-electron chi connectivity index (χ0n) is 12.6. The number of aromatic amines is 1. The molecule has 0 saturated carbocycles. The molecular formula is C16H21N2O4-. The average molecular weight is 305 g/mol. The van der Waals surface area contributed by atoms with Crippen LogP contribution in [0.2, 0.25) is 0 Å². The number of carbonyl (C=O) groups is 1. The summed E-state index contributed by atoms with van der Waals surface area (Å²) in [5, 5.41) is 30.4. The number of anilines is 1. The number of carbonyl (C=O) groups excluding carboxylic acids is 1. The molecule has 3 N–H and O–H groups in total. The third kappa shape index (κ3) is 3.23. The molecule has 1 heterocycles. The first kappa shape index (κ1) is 16.3. The number of benzene rings is 1. The maximum atomic E-state index is 11.3. The molecule has 6 nitrogen and oxygen atoms in total. The largest absolute Gasteiger partial charge is 0.549 e. The van der Waals surface area contributed by atoms with Gasteiger partial charge in [0.05, 0.1) is 13.2 Å². The molecule has 0 amide bonds. The van der Waals surface area contributed by atoms with E-state index in [2.05, 4.69) is 4.98 Å². The van der Waals surface area contributed by atoms with Crippen molar-refractivity contribution in [3.8, 4) is 0 Å². The van der Waals surface area contributed by atoms with E-state index >= 15 is 0 Å². The van der Waals surface area contributed by atoms with Gasteiger partial charge >= 0.3 is 0 Å². The zero-order chi connectivity index (χ0) is 16.1. The second-order valence-corrected chi connectivity index (χ2v) is 5.19. The van der Waals surface area contributed by atoms with Crippen molar-refractivity contribution < 1.29 is 20.1 Å². The molecule has 1 atom stereocenters. The van der Waals surface area contributed by atoms with Gasteiger partial charge in [-0.05, 0) is 30.2 Å². The maximum absolute atomic E-state index is 11.3. The van der Waals surface area contributed by atoms with Gasteiger partial charge in [-0.25, -0.2) is 0 Å². The second-order valence-electron chi connectivity index (χ2n) is 5.19. The van der Waals surface area contributed by atoms with E-state index in [9.17, 15) is 9.90 Å². The van der Waals surface area contributed by atoms with Crippen LogP contribution in [0.1, 0.15) is 24.8 Å². The smallest absolute Gasteiger partial charge is 0.0606 e. The summed E-state index contributed by atoms with van der Waals surface area (Å²) in [6.07, 6.45) is 2.16. The number of aliphatic hydroxyl groups excluding tert-OH is 2. The van der Waals surface area contributed by atoms with Gasteiger partial charge in [0.2, 0.25) is 0 Å². The highest BCUT2D eigenvalue weighted by atomic mass is 16.4. The molecule has 0 aliphatic heterocycles. The number of H-pyrrole nitrogens is 1. The number of aromatic nitrogens is 1. The number of aliphatic hydroxyl groups is 2. The Morgan fingerprint density at radius 3 is 2.55 bits per heavy atom. The van der Waals surface area contributed by atoms with Crippen molar-refractivity contribution >= 4 is 22.6 Å². The Balaban J connectivity index is 2.45. The maximum Gasteiger partial charge on any atom is 0.0606 e.